The molecule has 1 N–H and O–H groups in total. The summed E-state index contributed by atoms with van der Waals surface area (Å²) < 4.78 is 49.2. The van der Waals surface area contributed by atoms with Crippen LogP contribution in [-0.4, -0.2) is 65.3 Å². The molecule has 1 aromatic rings. The predicted molar refractivity (Wildman–Crippen MR) is 95.3 cm³/mol. The lowest BCUT2D eigenvalue weighted by atomic mass is 9.98. The summed E-state index contributed by atoms with van der Waals surface area (Å²) in [6.07, 6.45) is 0.0883. The van der Waals surface area contributed by atoms with Crippen molar-refractivity contribution < 1.29 is 37.1 Å². The number of halogens is 3. The molecule has 1 aliphatic carbocycles. The third-order valence-electron chi connectivity index (χ3n) is 5.64. The van der Waals surface area contributed by atoms with Gasteiger partial charge in [0.15, 0.2) is 0 Å². The van der Waals surface area contributed by atoms with Gasteiger partial charge < -0.3 is 19.1 Å². The first kappa shape index (κ1) is 22.0. The topological polar surface area (TPSA) is 85.0 Å². The summed E-state index contributed by atoms with van der Waals surface area (Å²) in [7, 11) is 0. The minimum absolute atomic E-state index is 0.0210. The molecule has 3 fully saturated rings. The lowest BCUT2D eigenvalue weighted by Crippen LogP contribution is -2.33. The minimum Gasteiger partial charge on any atom is -0.475 e. The molecule has 3 heterocycles. The van der Waals surface area contributed by atoms with E-state index in [0.29, 0.717) is 6.10 Å². The van der Waals surface area contributed by atoms with Gasteiger partial charge in [0.05, 0.1) is 24.0 Å². The van der Waals surface area contributed by atoms with Crippen molar-refractivity contribution in [1.82, 2.24) is 10.1 Å². The standard InChI is InChI=1S/C17H26N2O3.C2HF3O2/c1-12-16(13(2)22-18-12)8-19-6-5-17(11-19)7-15(10-21-17)20-9-14-3-4-14;3-2(4,5)1(6)7/h14-15H,3-11H2,1-2H3;(H,6,7)/t15-,17+;/m1./s1. The van der Waals surface area contributed by atoms with E-state index in [-0.39, 0.29) is 5.60 Å². The van der Waals surface area contributed by atoms with Crippen LogP contribution in [-0.2, 0) is 20.8 Å². The molecule has 0 radical (unpaired) electrons. The number of aryl methyl sites for hydroxylation is 2. The Hall–Kier alpha value is -1.65. The molecule has 1 aromatic heterocycles. The summed E-state index contributed by atoms with van der Waals surface area (Å²) in [5.74, 6) is -0.986. The van der Waals surface area contributed by atoms with E-state index in [2.05, 4.69) is 10.1 Å². The first-order chi connectivity index (χ1) is 13.6. The summed E-state index contributed by atoms with van der Waals surface area (Å²) in [6.45, 7) is 8.72. The second-order valence-electron chi connectivity index (χ2n) is 8.16. The van der Waals surface area contributed by atoms with Crippen LogP contribution >= 0.6 is 0 Å². The van der Waals surface area contributed by atoms with Crippen molar-refractivity contribution in [2.45, 2.75) is 64.0 Å². The lowest BCUT2D eigenvalue weighted by Gasteiger charge is -2.23. The van der Waals surface area contributed by atoms with Crippen LogP contribution in [0.3, 0.4) is 0 Å². The van der Waals surface area contributed by atoms with Gasteiger partial charge in [0.1, 0.15) is 5.76 Å². The van der Waals surface area contributed by atoms with Crippen molar-refractivity contribution in [3.8, 4) is 0 Å². The van der Waals surface area contributed by atoms with Crippen LogP contribution in [0.2, 0.25) is 0 Å². The zero-order valence-corrected chi connectivity index (χ0v) is 16.6. The fourth-order valence-corrected chi connectivity index (χ4v) is 3.76. The van der Waals surface area contributed by atoms with Crippen molar-refractivity contribution in [2.75, 3.05) is 26.3 Å². The Labute approximate surface area is 167 Å². The van der Waals surface area contributed by atoms with Gasteiger partial charge in [0.2, 0.25) is 0 Å². The summed E-state index contributed by atoms with van der Waals surface area (Å²) in [6, 6.07) is 0. The highest BCUT2D eigenvalue weighted by Crippen LogP contribution is 2.38. The number of ether oxygens (including phenoxy) is 2. The molecule has 3 aliphatic rings. The van der Waals surface area contributed by atoms with E-state index in [1.807, 2.05) is 13.8 Å². The Morgan fingerprint density at radius 1 is 1.38 bits per heavy atom. The monoisotopic (exact) mass is 420 g/mol. The number of carboxylic acid groups (broad SMARTS) is 1. The molecule has 0 aromatic carbocycles. The maximum Gasteiger partial charge on any atom is 0.490 e. The number of alkyl halides is 3. The van der Waals surface area contributed by atoms with Gasteiger partial charge in [-0.2, -0.15) is 13.2 Å². The SMILES string of the molecule is Cc1noc(C)c1CN1CC[C@]2(C[C@@H](OCC3CC3)CO2)C1.O=C(O)C(F)(F)F. The van der Waals surface area contributed by atoms with E-state index in [4.69, 9.17) is 23.9 Å². The maximum absolute atomic E-state index is 10.6. The fraction of sp³-hybridized carbons (Fsp3) is 0.789. The number of aliphatic carboxylic acids is 1. The third kappa shape index (κ3) is 5.93. The van der Waals surface area contributed by atoms with E-state index in [1.165, 1.54) is 18.4 Å². The molecule has 2 atom stereocenters. The van der Waals surface area contributed by atoms with Gasteiger partial charge >= 0.3 is 12.1 Å². The van der Waals surface area contributed by atoms with Crippen LogP contribution in [0.25, 0.3) is 0 Å². The molecule has 0 bridgehead atoms. The molecular formula is C19H27F3N2O5. The van der Waals surface area contributed by atoms with Crippen molar-refractivity contribution >= 4 is 5.97 Å². The van der Waals surface area contributed by atoms with Gasteiger partial charge in [-0.1, -0.05) is 5.16 Å². The highest BCUT2D eigenvalue weighted by Gasteiger charge is 2.46. The molecule has 0 amide bonds. The predicted octanol–water partition coefficient (Wildman–Crippen LogP) is 3.08. The number of hydrogen-bond donors (Lipinski definition) is 1. The average Bonchev–Trinajstić information content (AvgIpc) is 3.16. The van der Waals surface area contributed by atoms with Crippen LogP contribution in [0.1, 0.15) is 42.7 Å². The zero-order chi connectivity index (χ0) is 21.2. The number of nitrogens with zero attached hydrogens (tertiary/aromatic N) is 2. The minimum atomic E-state index is -5.08. The highest BCUT2D eigenvalue weighted by molar-refractivity contribution is 5.73. The lowest BCUT2D eigenvalue weighted by molar-refractivity contribution is -0.192. The number of aromatic nitrogens is 1. The Bertz CT molecular complexity index is 700. The van der Waals surface area contributed by atoms with E-state index in [9.17, 15) is 13.2 Å². The normalized spacial score (nSPS) is 27.3. The first-order valence-electron chi connectivity index (χ1n) is 9.78. The average molecular weight is 420 g/mol. The Morgan fingerprint density at radius 3 is 2.62 bits per heavy atom. The molecule has 7 nitrogen and oxygen atoms in total. The third-order valence-corrected chi connectivity index (χ3v) is 5.64. The maximum atomic E-state index is 10.6. The van der Waals surface area contributed by atoms with Crippen LogP contribution in [0.15, 0.2) is 4.52 Å². The fourth-order valence-electron chi connectivity index (χ4n) is 3.76. The number of carbonyl (C=O) groups is 1. The van der Waals surface area contributed by atoms with Gasteiger partial charge in [0, 0.05) is 38.2 Å². The van der Waals surface area contributed by atoms with E-state index < -0.39 is 12.1 Å². The van der Waals surface area contributed by atoms with Gasteiger partial charge in [0.25, 0.3) is 0 Å². The van der Waals surface area contributed by atoms with Crippen LogP contribution in [0.5, 0.6) is 0 Å². The molecule has 164 valence electrons. The van der Waals surface area contributed by atoms with E-state index in [1.54, 1.807) is 0 Å². The number of hydrogen-bond acceptors (Lipinski definition) is 6. The first-order valence-corrected chi connectivity index (χ1v) is 9.78. The molecule has 0 unspecified atom stereocenters. The van der Waals surface area contributed by atoms with Crippen LogP contribution in [0.4, 0.5) is 13.2 Å². The van der Waals surface area contributed by atoms with Gasteiger partial charge in [-0.25, -0.2) is 4.79 Å². The quantitative estimate of drug-likeness (QED) is 0.784. The Balaban J connectivity index is 0.000000298. The molecule has 10 heteroatoms. The molecule has 2 aliphatic heterocycles. The van der Waals surface area contributed by atoms with E-state index in [0.717, 1.165) is 63.1 Å². The van der Waals surface area contributed by atoms with Gasteiger partial charge in [-0.05, 0) is 39.0 Å². The summed E-state index contributed by atoms with van der Waals surface area (Å²) in [5.41, 5.74) is 2.26. The molecule has 1 saturated carbocycles. The van der Waals surface area contributed by atoms with Crippen LogP contribution < -0.4 is 0 Å². The molecule has 29 heavy (non-hydrogen) atoms. The summed E-state index contributed by atoms with van der Waals surface area (Å²) in [4.78, 5) is 11.4. The second kappa shape index (κ2) is 8.61. The Morgan fingerprint density at radius 2 is 2.07 bits per heavy atom. The van der Waals surface area contributed by atoms with Crippen molar-refractivity contribution in [3.63, 3.8) is 0 Å². The smallest absolute Gasteiger partial charge is 0.475 e. The molecule has 2 saturated heterocycles. The molecular weight excluding hydrogens is 393 g/mol. The number of carboxylic acids is 1. The zero-order valence-electron chi connectivity index (χ0n) is 16.6. The van der Waals surface area contributed by atoms with Crippen molar-refractivity contribution in [1.29, 1.82) is 0 Å². The Kier molecular flexibility index (Phi) is 6.54. The molecule has 4 rings (SSSR count). The van der Waals surface area contributed by atoms with E-state index >= 15 is 0 Å². The van der Waals surface area contributed by atoms with Gasteiger partial charge in [-0.3, -0.25) is 4.90 Å². The summed E-state index contributed by atoms with van der Waals surface area (Å²) >= 11 is 0. The van der Waals surface area contributed by atoms with Crippen molar-refractivity contribution in [3.05, 3.63) is 17.0 Å². The van der Waals surface area contributed by atoms with Crippen LogP contribution in [0, 0.1) is 19.8 Å². The second-order valence-corrected chi connectivity index (χ2v) is 8.16. The number of rotatable bonds is 5. The van der Waals surface area contributed by atoms with Crippen molar-refractivity contribution in [2.24, 2.45) is 5.92 Å². The highest BCUT2D eigenvalue weighted by atomic mass is 19.4. The number of likely N-dealkylation sites (tertiary alicyclic amines) is 1. The van der Waals surface area contributed by atoms with Gasteiger partial charge in [-0.15, -0.1) is 0 Å². The largest absolute Gasteiger partial charge is 0.490 e. The summed E-state index contributed by atoms with van der Waals surface area (Å²) in [5, 5.41) is 11.2. The molecule has 1 spiro atoms.